The van der Waals surface area contributed by atoms with Crippen LogP contribution in [0.4, 0.5) is 0 Å². The first-order valence-electron chi connectivity index (χ1n) is 8.02. The monoisotopic (exact) mass is 354 g/mol. The molecule has 7 heteroatoms. The van der Waals surface area contributed by atoms with Crippen LogP contribution < -0.4 is 10.4 Å². The fourth-order valence-corrected chi connectivity index (χ4v) is 3.09. The molecule has 0 aliphatic heterocycles. The van der Waals surface area contributed by atoms with Gasteiger partial charge in [0.25, 0.3) is 11.5 Å². The average molecular weight is 354 g/mol. The average Bonchev–Trinajstić information content (AvgIpc) is 3.04. The molecule has 3 aromatic rings. The van der Waals surface area contributed by atoms with Crippen LogP contribution in [0, 0.1) is 0 Å². The number of amides is 1. The maximum Gasteiger partial charge on any atom is 0.300 e. The van der Waals surface area contributed by atoms with Crippen LogP contribution >= 0.6 is 11.3 Å². The van der Waals surface area contributed by atoms with Gasteiger partial charge < -0.3 is 4.57 Å². The van der Waals surface area contributed by atoms with Gasteiger partial charge in [0, 0.05) is 30.7 Å². The van der Waals surface area contributed by atoms with Gasteiger partial charge in [-0.25, -0.2) is 4.68 Å². The lowest BCUT2D eigenvalue weighted by Crippen LogP contribution is -2.24. The molecule has 0 atom stereocenters. The summed E-state index contributed by atoms with van der Waals surface area (Å²) in [6, 6.07) is 12.8. The van der Waals surface area contributed by atoms with Crippen molar-refractivity contribution >= 4 is 17.2 Å². The molecule has 0 bridgehead atoms. The van der Waals surface area contributed by atoms with E-state index in [0.29, 0.717) is 17.9 Å². The number of carbonyl (C=O) groups is 1. The number of nitrogens with zero attached hydrogens (tertiary/aromatic N) is 4. The molecule has 25 heavy (non-hydrogen) atoms. The molecule has 128 valence electrons. The van der Waals surface area contributed by atoms with Crippen molar-refractivity contribution in [1.29, 1.82) is 0 Å². The molecule has 2 heterocycles. The summed E-state index contributed by atoms with van der Waals surface area (Å²) >= 11 is 1.39. The van der Waals surface area contributed by atoms with Gasteiger partial charge in [-0.05, 0) is 18.1 Å². The van der Waals surface area contributed by atoms with Crippen LogP contribution in [-0.4, -0.2) is 20.3 Å². The maximum absolute atomic E-state index is 12.4. The van der Waals surface area contributed by atoms with E-state index in [-0.39, 0.29) is 11.3 Å². The lowest BCUT2D eigenvalue weighted by Gasteiger charge is -2.04. The Hall–Kier alpha value is -2.80. The fourth-order valence-electron chi connectivity index (χ4n) is 2.37. The highest BCUT2D eigenvalue weighted by Gasteiger charge is 2.09. The molecule has 0 fully saturated rings. The molecule has 6 nitrogen and oxygen atoms in total. The van der Waals surface area contributed by atoms with Gasteiger partial charge in [-0.3, -0.25) is 9.59 Å². The molecular formula is C18H18N4O2S. The van der Waals surface area contributed by atoms with Gasteiger partial charge in [0.05, 0.1) is 0 Å². The largest absolute Gasteiger partial charge is 0.319 e. The second-order valence-corrected chi connectivity index (χ2v) is 6.37. The number of carbonyl (C=O) groups excluding carboxylic acids is 1. The molecule has 0 aliphatic rings. The predicted molar refractivity (Wildman–Crippen MR) is 96.5 cm³/mol. The smallest absolute Gasteiger partial charge is 0.300 e. The maximum atomic E-state index is 12.4. The zero-order valence-corrected chi connectivity index (χ0v) is 14.6. The molecule has 1 amide bonds. The van der Waals surface area contributed by atoms with Crippen molar-refractivity contribution in [2.24, 2.45) is 4.99 Å². The third-order valence-corrected chi connectivity index (χ3v) is 4.37. The number of hydrogen-bond acceptors (Lipinski definition) is 4. The second kappa shape index (κ2) is 7.85. The van der Waals surface area contributed by atoms with Crippen molar-refractivity contribution in [3.8, 4) is 0 Å². The molecule has 0 saturated carbocycles. The van der Waals surface area contributed by atoms with Crippen molar-refractivity contribution in [3.05, 3.63) is 80.5 Å². The van der Waals surface area contributed by atoms with Crippen LogP contribution in [-0.2, 0) is 13.1 Å². The minimum atomic E-state index is -0.450. The van der Waals surface area contributed by atoms with Crippen LogP contribution in [0.3, 0.4) is 0 Å². The van der Waals surface area contributed by atoms with E-state index < -0.39 is 5.91 Å². The topological polar surface area (TPSA) is 69.2 Å². The quantitative estimate of drug-likeness (QED) is 0.706. The normalized spacial score (nSPS) is 11.6. The van der Waals surface area contributed by atoms with Crippen LogP contribution in [0.15, 0.2) is 63.8 Å². The molecule has 3 rings (SSSR count). The Morgan fingerprint density at radius 3 is 2.76 bits per heavy atom. The zero-order chi connectivity index (χ0) is 17.6. The summed E-state index contributed by atoms with van der Waals surface area (Å²) in [4.78, 5) is 28.9. The van der Waals surface area contributed by atoms with Crippen molar-refractivity contribution < 1.29 is 4.79 Å². The Balaban J connectivity index is 1.89. The third-order valence-electron chi connectivity index (χ3n) is 3.57. The Kier molecular flexibility index (Phi) is 5.35. The van der Waals surface area contributed by atoms with Gasteiger partial charge in [0.2, 0.25) is 0 Å². The molecule has 2 aromatic heterocycles. The summed E-state index contributed by atoms with van der Waals surface area (Å²) in [5.74, 6) is -0.450. The summed E-state index contributed by atoms with van der Waals surface area (Å²) in [7, 11) is 0. The zero-order valence-electron chi connectivity index (χ0n) is 13.8. The first-order chi connectivity index (χ1) is 12.2. The number of thiazole rings is 1. The van der Waals surface area contributed by atoms with Crippen molar-refractivity contribution in [2.75, 3.05) is 0 Å². The van der Waals surface area contributed by atoms with Crippen molar-refractivity contribution in [1.82, 2.24) is 14.3 Å². The predicted octanol–water partition coefficient (Wildman–Crippen LogP) is 2.31. The molecule has 0 N–H and O–H groups in total. The number of aryl methyl sites for hydroxylation is 1. The van der Waals surface area contributed by atoms with Crippen LogP contribution in [0.1, 0.15) is 29.4 Å². The highest BCUT2D eigenvalue weighted by molar-refractivity contribution is 7.07. The minimum absolute atomic E-state index is 0.174. The summed E-state index contributed by atoms with van der Waals surface area (Å²) in [6.45, 7) is 3.07. The molecule has 0 radical (unpaired) electrons. The van der Waals surface area contributed by atoms with Gasteiger partial charge in [0.1, 0.15) is 0 Å². The highest BCUT2D eigenvalue weighted by atomic mass is 32.1. The van der Waals surface area contributed by atoms with E-state index in [2.05, 4.69) is 10.1 Å². The van der Waals surface area contributed by atoms with Crippen LogP contribution in [0.2, 0.25) is 0 Å². The second-order valence-electron chi connectivity index (χ2n) is 5.50. The summed E-state index contributed by atoms with van der Waals surface area (Å²) in [6.07, 6.45) is 2.67. The minimum Gasteiger partial charge on any atom is -0.319 e. The van der Waals surface area contributed by atoms with E-state index >= 15 is 0 Å². The first-order valence-corrected chi connectivity index (χ1v) is 8.90. The van der Waals surface area contributed by atoms with Gasteiger partial charge in [-0.1, -0.05) is 37.3 Å². The van der Waals surface area contributed by atoms with E-state index in [1.807, 2.05) is 53.4 Å². The van der Waals surface area contributed by atoms with Crippen LogP contribution in [0.25, 0.3) is 0 Å². The number of benzene rings is 1. The highest BCUT2D eigenvalue weighted by Crippen LogP contribution is 2.02. The van der Waals surface area contributed by atoms with Crippen molar-refractivity contribution in [2.45, 2.75) is 26.4 Å². The number of aromatic nitrogens is 3. The molecule has 0 aliphatic carbocycles. The van der Waals surface area contributed by atoms with Gasteiger partial charge in [-0.2, -0.15) is 10.1 Å². The lowest BCUT2D eigenvalue weighted by molar-refractivity contribution is 0.0990. The van der Waals surface area contributed by atoms with E-state index in [1.54, 1.807) is 0 Å². The van der Waals surface area contributed by atoms with E-state index in [0.717, 1.165) is 12.0 Å². The standard InChI is InChI=1S/C18H18N4O2S/c1-2-10-22-16(23)9-8-15(20-22)17(24)19-18-21(11-12-25-18)13-14-6-4-3-5-7-14/h3-9,11-12H,2,10,13H2,1H3. The Morgan fingerprint density at radius 1 is 1.20 bits per heavy atom. The molecule has 0 spiro atoms. The molecular weight excluding hydrogens is 336 g/mol. The SMILES string of the molecule is CCCn1nc(C(=O)N=c2sccn2Cc2ccccc2)ccc1=O. The molecule has 1 aromatic carbocycles. The van der Waals surface area contributed by atoms with E-state index in [9.17, 15) is 9.59 Å². The lowest BCUT2D eigenvalue weighted by atomic mass is 10.2. The van der Waals surface area contributed by atoms with Crippen molar-refractivity contribution in [3.63, 3.8) is 0 Å². The van der Waals surface area contributed by atoms with E-state index in [1.165, 1.54) is 28.2 Å². The Bertz CT molecular complexity index is 986. The molecule has 0 saturated heterocycles. The summed E-state index contributed by atoms with van der Waals surface area (Å²) in [5.41, 5.74) is 1.09. The Labute approximate surface area is 148 Å². The molecule has 0 unspecified atom stereocenters. The number of hydrogen-bond donors (Lipinski definition) is 0. The number of rotatable bonds is 5. The Morgan fingerprint density at radius 2 is 2.00 bits per heavy atom. The van der Waals surface area contributed by atoms with Gasteiger partial charge >= 0.3 is 0 Å². The van der Waals surface area contributed by atoms with Crippen LogP contribution in [0.5, 0.6) is 0 Å². The van der Waals surface area contributed by atoms with E-state index in [4.69, 9.17) is 0 Å². The fraction of sp³-hybridized carbons (Fsp3) is 0.222. The first kappa shape index (κ1) is 17.0. The van der Waals surface area contributed by atoms with Gasteiger partial charge in [-0.15, -0.1) is 11.3 Å². The van der Waals surface area contributed by atoms with Gasteiger partial charge in [0.15, 0.2) is 10.5 Å². The summed E-state index contributed by atoms with van der Waals surface area (Å²) < 4.78 is 3.22. The summed E-state index contributed by atoms with van der Waals surface area (Å²) in [5, 5.41) is 6.00. The third kappa shape index (κ3) is 4.19.